The second-order valence-corrected chi connectivity index (χ2v) is 5.85. The van der Waals surface area contributed by atoms with Crippen LogP contribution in [0.15, 0.2) is 24.3 Å². The lowest BCUT2D eigenvalue weighted by Gasteiger charge is -2.29. The van der Waals surface area contributed by atoms with Crippen molar-refractivity contribution in [1.82, 2.24) is 5.32 Å². The predicted octanol–water partition coefficient (Wildman–Crippen LogP) is 3.16. The summed E-state index contributed by atoms with van der Waals surface area (Å²) in [4.78, 5) is 0. The van der Waals surface area contributed by atoms with Gasteiger partial charge in [-0.3, -0.25) is 0 Å². The number of nitrogens with one attached hydrogen (secondary N) is 1. The van der Waals surface area contributed by atoms with Gasteiger partial charge in [0.2, 0.25) is 0 Å². The van der Waals surface area contributed by atoms with Crippen LogP contribution in [0, 0.1) is 0 Å². The zero-order chi connectivity index (χ0) is 13.0. The van der Waals surface area contributed by atoms with Crippen LogP contribution < -0.4 is 5.32 Å². The molecule has 1 aromatic rings. The Hall–Kier alpha value is -0.570. The summed E-state index contributed by atoms with van der Waals surface area (Å²) < 4.78 is 0. The monoisotopic (exact) mass is 267 g/mol. The molecule has 18 heavy (non-hydrogen) atoms. The van der Waals surface area contributed by atoms with Crippen LogP contribution in [0.1, 0.15) is 38.2 Å². The van der Waals surface area contributed by atoms with Gasteiger partial charge >= 0.3 is 0 Å². The van der Waals surface area contributed by atoms with Gasteiger partial charge in [-0.05, 0) is 56.7 Å². The molecule has 2 rings (SSSR count). The van der Waals surface area contributed by atoms with Crippen molar-refractivity contribution in [3.63, 3.8) is 0 Å². The van der Waals surface area contributed by atoms with Gasteiger partial charge in [0.15, 0.2) is 0 Å². The summed E-state index contributed by atoms with van der Waals surface area (Å²) >= 11 is 5.88. The van der Waals surface area contributed by atoms with E-state index in [1.54, 1.807) is 0 Å². The molecule has 0 aliphatic heterocycles. The van der Waals surface area contributed by atoms with E-state index in [4.69, 9.17) is 11.6 Å². The Morgan fingerprint density at radius 3 is 2.72 bits per heavy atom. The van der Waals surface area contributed by atoms with Crippen molar-refractivity contribution in [2.24, 2.45) is 0 Å². The average molecular weight is 268 g/mol. The Kier molecular flexibility index (Phi) is 5.04. The minimum Gasteiger partial charge on any atom is -0.393 e. The largest absolute Gasteiger partial charge is 0.393 e. The van der Waals surface area contributed by atoms with Gasteiger partial charge in [-0.25, -0.2) is 0 Å². The lowest BCUT2D eigenvalue weighted by molar-refractivity contribution is 0.109. The van der Waals surface area contributed by atoms with E-state index in [2.05, 4.69) is 24.4 Å². The maximum Gasteiger partial charge on any atom is 0.0555 e. The van der Waals surface area contributed by atoms with Crippen molar-refractivity contribution in [3.8, 4) is 0 Å². The van der Waals surface area contributed by atoms with Gasteiger partial charge in [0.05, 0.1) is 6.10 Å². The molecule has 3 heteroatoms. The third kappa shape index (κ3) is 4.27. The molecule has 0 aromatic heterocycles. The number of hydrogen-bond acceptors (Lipinski definition) is 2. The summed E-state index contributed by atoms with van der Waals surface area (Å²) in [5, 5.41) is 14.1. The van der Waals surface area contributed by atoms with Crippen LogP contribution in [-0.2, 0) is 6.42 Å². The standard InChI is InChI=1S/C15H22ClNO/c1-11(9-12-5-7-13(16)8-6-12)17-14-3-2-4-15(18)10-14/h5-8,11,14-15,17-18H,2-4,9-10H2,1H3. The first-order valence-corrected chi connectivity index (χ1v) is 7.20. The van der Waals surface area contributed by atoms with Crippen molar-refractivity contribution in [1.29, 1.82) is 0 Å². The van der Waals surface area contributed by atoms with Crippen LogP contribution >= 0.6 is 11.6 Å². The summed E-state index contributed by atoms with van der Waals surface area (Å²) in [5.74, 6) is 0. The van der Waals surface area contributed by atoms with Gasteiger partial charge in [-0.2, -0.15) is 0 Å². The highest BCUT2D eigenvalue weighted by molar-refractivity contribution is 6.30. The molecule has 1 fully saturated rings. The Morgan fingerprint density at radius 1 is 1.33 bits per heavy atom. The van der Waals surface area contributed by atoms with Crippen molar-refractivity contribution < 1.29 is 5.11 Å². The maximum absolute atomic E-state index is 9.66. The van der Waals surface area contributed by atoms with E-state index in [0.29, 0.717) is 12.1 Å². The van der Waals surface area contributed by atoms with Crippen LogP contribution in [0.3, 0.4) is 0 Å². The van der Waals surface area contributed by atoms with Gasteiger partial charge in [0.1, 0.15) is 0 Å². The molecule has 2 N–H and O–H groups in total. The fourth-order valence-corrected chi connectivity index (χ4v) is 2.88. The highest BCUT2D eigenvalue weighted by atomic mass is 35.5. The van der Waals surface area contributed by atoms with Crippen LogP contribution in [0.5, 0.6) is 0 Å². The van der Waals surface area contributed by atoms with Gasteiger partial charge in [0, 0.05) is 17.1 Å². The highest BCUT2D eigenvalue weighted by Gasteiger charge is 2.21. The van der Waals surface area contributed by atoms with E-state index in [0.717, 1.165) is 30.7 Å². The molecule has 100 valence electrons. The van der Waals surface area contributed by atoms with E-state index in [9.17, 15) is 5.11 Å². The van der Waals surface area contributed by atoms with Gasteiger partial charge in [0.25, 0.3) is 0 Å². The number of aliphatic hydroxyl groups excluding tert-OH is 1. The first-order valence-electron chi connectivity index (χ1n) is 6.82. The molecule has 1 aromatic carbocycles. The third-order valence-corrected chi connectivity index (χ3v) is 3.87. The zero-order valence-corrected chi connectivity index (χ0v) is 11.7. The van der Waals surface area contributed by atoms with Crippen molar-refractivity contribution >= 4 is 11.6 Å². The Labute approximate surface area is 114 Å². The van der Waals surface area contributed by atoms with Gasteiger partial charge in [-0.15, -0.1) is 0 Å². The van der Waals surface area contributed by atoms with Crippen LogP contribution in [0.4, 0.5) is 0 Å². The second-order valence-electron chi connectivity index (χ2n) is 5.42. The molecule has 0 heterocycles. The van der Waals surface area contributed by atoms with Crippen LogP contribution in [0.25, 0.3) is 0 Å². The van der Waals surface area contributed by atoms with Gasteiger partial charge < -0.3 is 10.4 Å². The van der Waals surface area contributed by atoms with Crippen molar-refractivity contribution in [2.75, 3.05) is 0 Å². The van der Waals surface area contributed by atoms with E-state index in [1.807, 2.05) is 12.1 Å². The SMILES string of the molecule is CC(Cc1ccc(Cl)cc1)NC1CCCC(O)C1. The molecule has 0 radical (unpaired) electrons. The second kappa shape index (κ2) is 6.55. The minimum atomic E-state index is -0.112. The summed E-state index contributed by atoms with van der Waals surface area (Å²) in [6.45, 7) is 2.20. The van der Waals surface area contributed by atoms with Crippen molar-refractivity contribution in [2.45, 2.75) is 57.2 Å². The Balaban J connectivity index is 1.81. The molecule has 1 aliphatic carbocycles. The summed E-state index contributed by atoms with van der Waals surface area (Å²) in [5.41, 5.74) is 1.30. The predicted molar refractivity (Wildman–Crippen MR) is 76.0 cm³/mol. The number of benzene rings is 1. The summed E-state index contributed by atoms with van der Waals surface area (Å²) in [6.07, 6.45) is 5.06. The first kappa shape index (κ1) is 13.9. The van der Waals surface area contributed by atoms with Gasteiger partial charge in [-0.1, -0.05) is 23.7 Å². The lowest BCUT2D eigenvalue weighted by atomic mass is 9.92. The minimum absolute atomic E-state index is 0.112. The highest BCUT2D eigenvalue weighted by Crippen LogP contribution is 2.19. The molecule has 0 spiro atoms. The lowest BCUT2D eigenvalue weighted by Crippen LogP contribution is -2.41. The van der Waals surface area contributed by atoms with Crippen molar-refractivity contribution in [3.05, 3.63) is 34.9 Å². The van der Waals surface area contributed by atoms with Crippen LogP contribution in [-0.4, -0.2) is 23.3 Å². The number of hydrogen-bond donors (Lipinski definition) is 2. The van der Waals surface area contributed by atoms with Crippen LogP contribution in [0.2, 0.25) is 5.02 Å². The fraction of sp³-hybridized carbons (Fsp3) is 0.600. The summed E-state index contributed by atoms with van der Waals surface area (Å²) in [6, 6.07) is 8.94. The number of rotatable bonds is 4. The average Bonchev–Trinajstić information content (AvgIpc) is 2.32. The quantitative estimate of drug-likeness (QED) is 0.878. The van der Waals surface area contributed by atoms with E-state index in [-0.39, 0.29) is 6.10 Å². The molecule has 1 saturated carbocycles. The number of halogens is 1. The third-order valence-electron chi connectivity index (χ3n) is 3.62. The molecule has 0 bridgehead atoms. The molecule has 0 saturated heterocycles. The zero-order valence-electron chi connectivity index (χ0n) is 10.9. The van der Waals surface area contributed by atoms with E-state index in [1.165, 1.54) is 12.0 Å². The molecule has 3 unspecified atom stereocenters. The maximum atomic E-state index is 9.66. The smallest absolute Gasteiger partial charge is 0.0555 e. The molecule has 2 nitrogen and oxygen atoms in total. The van der Waals surface area contributed by atoms with E-state index < -0.39 is 0 Å². The number of aliphatic hydroxyl groups is 1. The summed E-state index contributed by atoms with van der Waals surface area (Å²) in [7, 11) is 0. The molecule has 0 amide bonds. The Bertz CT molecular complexity index is 365. The molecular formula is C15H22ClNO. The van der Waals surface area contributed by atoms with E-state index >= 15 is 0 Å². The fourth-order valence-electron chi connectivity index (χ4n) is 2.75. The molecular weight excluding hydrogens is 246 g/mol. The normalized spacial score (nSPS) is 25.9. The Morgan fingerprint density at radius 2 is 2.06 bits per heavy atom. The first-order chi connectivity index (χ1) is 8.63. The molecule has 1 aliphatic rings. The molecule has 3 atom stereocenters. The topological polar surface area (TPSA) is 32.3 Å².